The second-order valence-corrected chi connectivity index (χ2v) is 7.65. The zero-order valence-electron chi connectivity index (χ0n) is 15.3. The number of nitrogens with zero attached hydrogens (tertiary/aromatic N) is 1. The van der Waals surface area contributed by atoms with Crippen LogP contribution in [0.4, 0.5) is 0 Å². The minimum Gasteiger partial charge on any atom is -0.355 e. The van der Waals surface area contributed by atoms with Crippen molar-refractivity contribution in [1.82, 2.24) is 15.6 Å². The Kier molecular flexibility index (Phi) is 7.27. The molecule has 1 saturated carbocycles. The van der Waals surface area contributed by atoms with Gasteiger partial charge in [0.05, 0.1) is 11.3 Å². The SMILES string of the molecule is O=C(CSc1ncccc1C(=O)NC1CCCC1)NCCc1ccccc1. The molecule has 5 nitrogen and oxygen atoms in total. The first-order valence-electron chi connectivity index (χ1n) is 9.41. The smallest absolute Gasteiger partial charge is 0.254 e. The van der Waals surface area contributed by atoms with Crippen LogP contribution in [0, 0.1) is 0 Å². The van der Waals surface area contributed by atoms with Gasteiger partial charge in [-0.05, 0) is 37.0 Å². The number of pyridine rings is 1. The van der Waals surface area contributed by atoms with Crippen LogP contribution in [-0.4, -0.2) is 35.1 Å². The van der Waals surface area contributed by atoms with Gasteiger partial charge in [-0.25, -0.2) is 4.98 Å². The van der Waals surface area contributed by atoms with E-state index < -0.39 is 0 Å². The maximum absolute atomic E-state index is 12.5. The lowest BCUT2D eigenvalue weighted by atomic mass is 10.1. The summed E-state index contributed by atoms with van der Waals surface area (Å²) in [6.45, 7) is 0.598. The molecule has 1 heterocycles. The van der Waals surface area contributed by atoms with Gasteiger partial charge >= 0.3 is 0 Å². The summed E-state index contributed by atoms with van der Waals surface area (Å²) >= 11 is 1.30. The predicted octanol–water partition coefficient (Wildman–Crippen LogP) is 3.21. The standard InChI is InChI=1S/C21H25N3O2S/c25-19(22-14-12-16-7-2-1-3-8-16)15-27-21-18(11-6-13-23-21)20(26)24-17-9-4-5-10-17/h1-3,6-8,11,13,17H,4-5,9-10,12,14-15H2,(H,22,25)(H,24,26). The maximum atomic E-state index is 12.5. The molecule has 1 aliphatic rings. The molecule has 2 aromatic rings. The molecule has 1 aromatic carbocycles. The molecule has 2 amide bonds. The fourth-order valence-corrected chi connectivity index (χ4v) is 4.01. The number of hydrogen-bond donors (Lipinski definition) is 2. The molecule has 1 fully saturated rings. The molecular weight excluding hydrogens is 358 g/mol. The van der Waals surface area contributed by atoms with Crippen molar-refractivity contribution in [2.75, 3.05) is 12.3 Å². The molecule has 0 aliphatic heterocycles. The molecule has 1 aromatic heterocycles. The van der Waals surface area contributed by atoms with Crippen molar-refractivity contribution in [3.8, 4) is 0 Å². The monoisotopic (exact) mass is 383 g/mol. The summed E-state index contributed by atoms with van der Waals surface area (Å²) in [5, 5.41) is 6.61. The van der Waals surface area contributed by atoms with Crippen LogP contribution in [0.25, 0.3) is 0 Å². The van der Waals surface area contributed by atoms with Crippen LogP contribution >= 0.6 is 11.8 Å². The number of nitrogens with one attached hydrogen (secondary N) is 2. The molecule has 0 atom stereocenters. The highest BCUT2D eigenvalue weighted by molar-refractivity contribution is 8.00. The molecule has 1 aliphatic carbocycles. The molecule has 0 saturated heterocycles. The third-order valence-corrected chi connectivity index (χ3v) is 5.63. The Morgan fingerprint density at radius 2 is 1.85 bits per heavy atom. The number of thioether (sulfide) groups is 1. The van der Waals surface area contributed by atoms with E-state index in [1.54, 1.807) is 18.3 Å². The first-order chi connectivity index (χ1) is 13.2. The van der Waals surface area contributed by atoms with Gasteiger partial charge < -0.3 is 10.6 Å². The van der Waals surface area contributed by atoms with Crippen LogP contribution in [0.5, 0.6) is 0 Å². The van der Waals surface area contributed by atoms with Crippen LogP contribution < -0.4 is 10.6 Å². The second kappa shape index (κ2) is 10.1. The lowest BCUT2D eigenvalue weighted by Crippen LogP contribution is -2.33. The normalized spacial score (nSPS) is 14.1. The van der Waals surface area contributed by atoms with Gasteiger partial charge in [-0.15, -0.1) is 0 Å². The molecule has 0 spiro atoms. The molecular formula is C21H25N3O2S. The van der Waals surface area contributed by atoms with Crippen molar-refractivity contribution >= 4 is 23.6 Å². The van der Waals surface area contributed by atoms with Crippen LogP contribution in [0.2, 0.25) is 0 Å². The maximum Gasteiger partial charge on any atom is 0.254 e. The first kappa shape index (κ1) is 19.4. The van der Waals surface area contributed by atoms with Crippen LogP contribution in [0.1, 0.15) is 41.6 Å². The van der Waals surface area contributed by atoms with E-state index in [2.05, 4.69) is 15.6 Å². The summed E-state index contributed by atoms with van der Waals surface area (Å²) in [6.07, 6.45) is 6.87. The van der Waals surface area contributed by atoms with Crippen molar-refractivity contribution in [2.24, 2.45) is 0 Å². The Morgan fingerprint density at radius 1 is 1.07 bits per heavy atom. The fraction of sp³-hybridized carbons (Fsp3) is 0.381. The van der Waals surface area contributed by atoms with E-state index >= 15 is 0 Å². The van der Waals surface area contributed by atoms with Gasteiger partial charge in [-0.2, -0.15) is 0 Å². The number of amides is 2. The first-order valence-corrected chi connectivity index (χ1v) is 10.4. The fourth-order valence-electron chi connectivity index (χ4n) is 3.19. The number of carbonyl (C=O) groups excluding carboxylic acids is 2. The Labute approximate surface area is 164 Å². The van der Waals surface area contributed by atoms with Gasteiger partial charge in [0.15, 0.2) is 0 Å². The number of hydrogen-bond acceptors (Lipinski definition) is 4. The van der Waals surface area contributed by atoms with E-state index in [0.29, 0.717) is 17.1 Å². The Balaban J connectivity index is 1.47. The highest BCUT2D eigenvalue weighted by Gasteiger charge is 2.20. The van der Waals surface area contributed by atoms with Crippen LogP contribution in [-0.2, 0) is 11.2 Å². The molecule has 3 rings (SSSR count). The van der Waals surface area contributed by atoms with E-state index in [0.717, 1.165) is 19.3 Å². The minimum absolute atomic E-state index is 0.0521. The number of aromatic nitrogens is 1. The van der Waals surface area contributed by atoms with Gasteiger partial charge in [0.25, 0.3) is 5.91 Å². The lowest BCUT2D eigenvalue weighted by Gasteiger charge is -2.13. The van der Waals surface area contributed by atoms with Crippen LogP contribution in [0.3, 0.4) is 0 Å². The highest BCUT2D eigenvalue weighted by atomic mass is 32.2. The van der Waals surface area contributed by atoms with Crippen LogP contribution in [0.15, 0.2) is 53.7 Å². The Morgan fingerprint density at radius 3 is 2.63 bits per heavy atom. The summed E-state index contributed by atoms with van der Waals surface area (Å²) in [7, 11) is 0. The van der Waals surface area contributed by atoms with E-state index in [1.165, 1.54) is 30.2 Å². The van der Waals surface area contributed by atoms with E-state index in [9.17, 15) is 9.59 Å². The van der Waals surface area contributed by atoms with Crippen molar-refractivity contribution in [1.29, 1.82) is 0 Å². The molecule has 142 valence electrons. The summed E-state index contributed by atoms with van der Waals surface area (Å²) in [4.78, 5) is 28.9. The molecule has 27 heavy (non-hydrogen) atoms. The minimum atomic E-state index is -0.0954. The van der Waals surface area contributed by atoms with Gasteiger partial charge in [-0.1, -0.05) is 54.9 Å². The average molecular weight is 384 g/mol. The molecule has 6 heteroatoms. The average Bonchev–Trinajstić information content (AvgIpc) is 3.20. The molecule has 0 bridgehead atoms. The summed E-state index contributed by atoms with van der Waals surface area (Å²) < 4.78 is 0. The van der Waals surface area contributed by atoms with Gasteiger partial charge in [-0.3, -0.25) is 9.59 Å². The van der Waals surface area contributed by atoms with E-state index in [-0.39, 0.29) is 23.6 Å². The van der Waals surface area contributed by atoms with E-state index in [4.69, 9.17) is 0 Å². The lowest BCUT2D eigenvalue weighted by molar-refractivity contribution is -0.118. The summed E-state index contributed by atoms with van der Waals surface area (Å²) in [5.41, 5.74) is 1.74. The van der Waals surface area contributed by atoms with Gasteiger partial charge in [0, 0.05) is 18.8 Å². The predicted molar refractivity (Wildman–Crippen MR) is 108 cm³/mol. The summed E-state index contributed by atoms with van der Waals surface area (Å²) in [5.74, 6) is 0.0981. The number of rotatable bonds is 8. The third kappa shape index (κ3) is 6.10. The number of carbonyl (C=O) groups is 2. The molecule has 0 unspecified atom stereocenters. The Hall–Kier alpha value is -2.34. The second-order valence-electron chi connectivity index (χ2n) is 6.69. The Bertz CT molecular complexity index is 761. The largest absolute Gasteiger partial charge is 0.355 e. The topological polar surface area (TPSA) is 71.1 Å². The van der Waals surface area contributed by atoms with Gasteiger partial charge in [0.1, 0.15) is 5.03 Å². The van der Waals surface area contributed by atoms with E-state index in [1.807, 2.05) is 30.3 Å². The third-order valence-electron chi connectivity index (χ3n) is 4.62. The number of benzene rings is 1. The summed E-state index contributed by atoms with van der Waals surface area (Å²) in [6, 6.07) is 13.8. The van der Waals surface area contributed by atoms with Crippen molar-refractivity contribution in [2.45, 2.75) is 43.2 Å². The highest BCUT2D eigenvalue weighted by Crippen LogP contribution is 2.22. The van der Waals surface area contributed by atoms with Crippen molar-refractivity contribution in [3.05, 3.63) is 59.8 Å². The van der Waals surface area contributed by atoms with Crippen molar-refractivity contribution < 1.29 is 9.59 Å². The zero-order chi connectivity index (χ0) is 18.9. The zero-order valence-corrected chi connectivity index (χ0v) is 16.1. The molecule has 2 N–H and O–H groups in total. The quantitative estimate of drug-likeness (QED) is 0.687. The van der Waals surface area contributed by atoms with Gasteiger partial charge in [0.2, 0.25) is 5.91 Å². The van der Waals surface area contributed by atoms with Crippen molar-refractivity contribution in [3.63, 3.8) is 0 Å². The molecule has 0 radical (unpaired) electrons.